The minimum absolute atomic E-state index is 0.186. The minimum atomic E-state index is -3.16. The van der Waals surface area contributed by atoms with Gasteiger partial charge in [0.15, 0.2) is 0 Å². The van der Waals surface area contributed by atoms with Gasteiger partial charge in [-0.2, -0.15) is 0 Å². The van der Waals surface area contributed by atoms with E-state index in [9.17, 15) is 4.79 Å². The van der Waals surface area contributed by atoms with Crippen LogP contribution < -0.4 is 0 Å². The number of carbonyl (C=O) groups is 1. The van der Waals surface area contributed by atoms with Crippen molar-refractivity contribution in [1.29, 1.82) is 0 Å². The predicted molar refractivity (Wildman–Crippen MR) is 71.5 cm³/mol. The van der Waals surface area contributed by atoms with Gasteiger partial charge in [-0.25, -0.2) is 0 Å². The van der Waals surface area contributed by atoms with E-state index < -0.39 is 37.1 Å². The summed E-state index contributed by atoms with van der Waals surface area (Å²) in [4.78, 5) is 13.3. The molecule has 1 aromatic rings. The molecule has 0 radical (unpaired) electrons. The highest BCUT2D eigenvalue weighted by molar-refractivity contribution is 5.83. The average Bonchev–Trinajstić information content (AvgIpc) is 2.54. The van der Waals surface area contributed by atoms with E-state index in [1.807, 2.05) is 0 Å². The zero-order valence-corrected chi connectivity index (χ0v) is 10.4. The highest BCUT2D eigenvalue weighted by Gasteiger charge is 2.43. The van der Waals surface area contributed by atoms with Crippen LogP contribution >= 0.6 is 0 Å². The highest BCUT2D eigenvalue weighted by atomic mass is 16.5. The van der Waals surface area contributed by atoms with Gasteiger partial charge in [-0.15, -0.1) is 0 Å². The summed E-state index contributed by atoms with van der Waals surface area (Å²) in [5.41, 5.74) is -3.05. The number of benzene rings is 1. The fraction of sp³-hybridized carbons (Fsp3) is 0.533. The second-order valence-electron chi connectivity index (χ2n) is 3.87. The van der Waals surface area contributed by atoms with Crippen LogP contribution in [0.25, 0.3) is 0 Å². The number of carbonyl (C=O) groups excluding carboxylic acids is 1. The molecule has 1 saturated heterocycles. The maximum Gasteiger partial charge on any atom is 0.316 e. The van der Waals surface area contributed by atoms with Gasteiger partial charge in [0.05, 0.1) is 12.0 Å². The average molecular weight is 255 g/mol. The number of ether oxygens (including phenoxy) is 1. The molecule has 0 spiro atoms. The van der Waals surface area contributed by atoms with Crippen molar-refractivity contribution in [3.63, 3.8) is 0 Å². The number of rotatable bonds is 3. The van der Waals surface area contributed by atoms with Crippen molar-refractivity contribution in [2.75, 3.05) is 26.6 Å². The van der Waals surface area contributed by atoms with Crippen LogP contribution in [0.5, 0.6) is 0 Å². The fourth-order valence-electron chi connectivity index (χ4n) is 1.69. The van der Waals surface area contributed by atoms with Gasteiger partial charge < -0.3 is 9.64 Å². The zero-order chi connectivity index (χ0) is 20.2. The van der Waals surface area contributed by atoms with Crippen LogP contribution in [0.2, 0.25) is 0 Å². The number of nitrogens with zero attached hydrogens (tertiary/aromatic N) is 1. The normalized spacial score (nSPS) is 37.2. The Bertz CT molecular complexity index is 664. The third-order valence-corrected chi connectivity index (χ3v) is 2.61. The standard InChI is InChI=1S/C15H21NO2/c1-3-18-14(17)15(9-11-16(2)12-10-15)13-7-5-4-6-8-13/h4-8H,3,9-12H2,1-2H3/i9D2,10D2,11D2,12D2. The van der Waals surface area contributed by atoms with Gasteiger partial charge in [-0.05, 0) is 45.3 Å². The zero-order valence-electron chi connectivity index (χ0n) is 18.4. The fourth-order valence-corrected chi connectivity index (χ4v) is 1.69. The molecule has 1 aromatic carbocycles. The second-order valence-corrected chi connectivity index (χ2v) is 3.87. The second kappa shape index (κ2) is 5.53. The Morgan fingerprint density at radius 2 is 2.00 bits per heavy atom. The number of hydrogen-bond donors (Lipinski definition) is 0. The summed E-state index contributed by atoms with van der Waals surface area (Å²) in [6.07, 6.45) is -6.31. The van der Waals surface area contributed by atoms with Gasteiger partial charge in [-0.3, -0.25) is 4.79 Å². The van der Waals surface area contributed by atoms with Crippen molar-refractivity contribution in [2.45, 2.75) is 25.1 Å². The van der Waals surface area contributed by atoms with Crippen LogP contribution in [0.1, 0.15) is 36.2 Å². The van der Waals surface area contributed by atoms with E-state index in [4.69, 9.17) is 15.7 Å². The van der Waals surface area contributed by atoms with Crippen LogP contribution in [0.3, 0.4) is 0 Å². The van der Waals surface area contributed by atoms with E-state index in [0.717, 1.165) is 7.05 Å². The molecule has 0 bridgehead atoms. The largest absolute Gasteiger partial charge is 0.465 e. The molecule has 1 aliphatic heterocycles. The topological polar surface area (TPSA) is 29.5 Å². The Kier molecular flexibility index (Phi) is 1.90. The first-order valence-electron chi connectivity index (χ1n) is 9.71. The summed E-state index contributed by atoms with van der Waals surface area (Å²) < 4.78 is 71.7. The smallest absolute Gasteiger partial charge is 0.316 e. The molecule has 3 heteroatoms. The van der Waals surface area contributed by atoms with Crippen molar-refractivity contribution in [2.24, 2.45) is 0 Å². The lowest BCUT2D eigenvalue weighted by atomic mass is 9.73. The van der Waals surface area contributed by atoms with Gasteiger partial charge in [0.25, 0.3) is 0 Å². The number of esters is 1. The van der Waals surface area contributed by atoms with Crippen LogP contribution in [0.15, 0.2) is 30.3 Å². The molecule has 0 saturated carbocycles. The summed E-state index contributed by atoms with van der Waals surface area (Å²) in [7, 11) is 0.954. The molecule has 1 aliphatic rings. The summed E-state index contributed by atoms with van der Waals surface area (Å²) in [5, 5.41) is 0. The summed E-state index contributed by atoms with van der Waals surface area (Å²) in [5.74, 6) is -1.35. The lowest BCUT2D eigenvalue weighted by molar-refractivity contribution is -0.152. The molecule has 2 rings (SSSR count). The predicted octanol–water partition coefficient (Wildman–Crippen LogP) is 2.21. The summed E-state index contributed by atoms with van der Waals surface area (Å²) in [6, 6.07) is 7.04. The van der Waals surface area contributed by atoms with Crippen molar-refractivity contribution in [1.82, 2.24) is 4.90 Å². The molecule has 0 aromatic heterocycles. The number of likely N-dealkylation sites (tertiary alicyclic amines) is 1. The van der Waals surface area contributed by atoms with Gasteiger partial charge in [0.2, 0.25) is 0 Å². The molecular weight excluding hydrogens is 226 g/mol. The molecule has 0 unspecified atom stereocenters. The molecule has 0 aliphatic carbocycles. The Balaban J connectivity index is 3.01. The maximum atomic E-state index is 13.0. The van der Waals surface area contributed by atoms with Crippen molar-refractivity contribution >= 4 is 5.97 Å². The Morgan fingerprint density at radius 1 is 1.39 bits per heavy atom. The van der Waals surface area contributed by atoms with Crippen molar-refractivity contribution < 1.29 is 20.5 Å². The molecule has 3 nitrogen and oxygen atoms in total. The number of hydrogen-bond acceptors (Lipinski definition) is 3. The summed E-state index contributed by atoms with van der Waals surface area (Å²) in [6.45, 7) is -4.75. The molecule has 0 amide bonds. The Hall–Kier alpha value is -1.35. The Labute approximate surface area is 120 Å². The van der Waals surface area contributed by atoms with Crippen LogP contribution in [0, 0.1) is 0 Å². The molecule has 98 valence electrons. The molecule has 0 N–H and O–H groups in total. The highest BCUT2D eigenvalue weighted by Crippen LogP contribution is 2.36. The Morgan fingerprint density at radius 3 is 2.56 bits per heavy atom. The maximum absolute atomic E-state index is 13.0. The van der Waals surface area contributed by atoms with E-state index in [1.54, 1.807) is 6.07 Å². The van der Waals surface area contributed by atoms with Crippen LogP contribution in [0.4, 0.5) is 0 Å². The van der Waals surface area contributed by atoms with Crippen molar-refractivity contribution in [3.8, 4) is 0 Å². The van der Waals surface area contributed by atoms with E-state index in [2.05, 4.69) is 0 Å². The first-order valence-corrected chi connectivity index (χ1v) is 5.71. The molecule has 18 heavy (non-hydrogen) atoms. The lowest BCUT2D eigenvalue weighted by Crippen LogP contribution is -2.47. The van der Waals surface area contributed by atoms with E-state index >= 15 is 0 Å². The van der Waals surface area contributed by atoms with E-state index in [0.29, 0.717) is 4.90 Å². The monoisotopic (exact) mass is 255 g/mol. The third kappa shape index (κ3) is 2.41. The first-order chi connectivity index (χ1) is 11.7. The van der Waals surface area contributed by atoms with Crippen LogP contribution in [-0.4, -0.2) is 37.5 Å². The minimum Gasteiger partial charge on any atom is -0.465 e. The van der Waals surface area contributed by atoms with Crippen molar-refractivity contribution in [3.05, 3.63) is 35.9 Å². The molecular formula is C15H21NO2. The molecule has 0 atom stereocenters. The quantitative estimate of drug-likeness (QED) is 0.776. The lowest BCUT2D eigenvalue weighted by Gasteiger charge is -2.38. The summed E-state index contributed by atoms with van der Waals surface area (Å²) >= 11 is 0. The number of piperidine rings is 1. The van der Waals surface area contributed by atoms with Gasteiger partial charge in [-0.1, -0.05) is 30.3 Å². The van der Waals surface area contributed by atoms with Gasteiger partial charge in [0, 0.05) is 11.0 Å². The van der Waals surface area contributed by atoms with Crippen LogP contribution in [-0.2, 0) is 14.9 Å². The third-order valence-electron chi connectivity index (χ3n) is 2.61. The molecule has 1 heterocycles. The van der Waals surface area contributed by atoms with Gasteiger partial charge in [0.1, 0.15) is 0 Å². The molecule has 1 fully saturated rings. The first kappa shape index (κ1) is 6.20. The van der Waals surface area contributed by atoms with E-state index in [-0.39, 0.29) is 12.2 Å². The van der Waals surface area contributed by atoms with E-state index in [1.165, 1.54) is 31.2 Å². The SMILES string of the molecule is [2H]C1([2H])N(C)C([2H])([2H])C([2H])([2H])C(C(=O)OCC)(c2ccccc2)C1([2H])[2H]. The van der Waals surface area contributed by atoms with Gasteiger partial charge >= 0.3 is 5.97 Å².